The van der Waals surface area contributed by atoms with Crippen molar-refractivity contribution in [2.75, 3.05) is 12.3 Å². The van der Waals surface area contributed by atoms with Crippen molar-refractivity contribution < 1.29 is 9.53 Å². The normalized spacial score (nSPS) is 15.6. The van der Waals surface area contributed by atoms with Gasteiger partial charge in [0.1, 0.15) is 11.6 Å². The molecule has 37 heavy (non-hydrogen) atoms. The number of nitrogens with zero attached hydrogens (tertiary/aromatic N) is 3. The summed E-state index contributed by atoms with van der Waals surface area (Å²) in [5, 5.41) is 5.17. The number of nitrogens with one attached hydrogen (secondary N) is 2. The SMILES string of the molecule is CC(Cc1cccs1)NC(=O)c1ccc2c(c1)CC(c1nc3ccc(-c4ccnc(N)n4)cc3[nH]1)CO2. The molecule has 4 N–H and O–H groups in total. The number of carbonyl (C=O) groups is 1. The number of thiophene rings is 1. The average molecular weight is 511 g/mol. The summed E-state index contributed by atoms with van der Waals surface area (Å²) in [5.41, 5.74) is 10.9. The van der Waals surface area contributed by atoms with E-state index in [2.05, 4.69) is 31.7 Å². The summed E-state index contributed by atoms with van der Waals surface area (Å²) < 4.78 is 6.06. The summed E-state index contributed by atoms with van der Waals surface area (Å²) in [6.45, 7) is 2.55. The van der Waals surface area contributed by atoms with Crippen LogP contribution in [0.1, 0.15) is 39.5 Å². The zero-order valence-corrected chi connectivity index (χ0v) is 21.1. The molecule has 2 atom stereocenters. The molecule has 0 aliphatic carbocycles. The van der Waals surface area contributed by atoms with E-state index in [9.17, 15) is 4.79 Å². The van der Waals surface area contributed by atoms with Crippen LogP contribution < -0.4 is 15.8 Å². The monoisotopic (exact) mass is 510 g/mol. The molecule has 0 saturated carbocycles. The molecule has 2 aromatic carbocycles. The second kappa shape index (κ2) is 9.67. The number of aromatic nitrogens is 4. The lowest BCUT2D eigenvalue weighted by atomic mass is 9.94. The third kappa shape index (κ3) is 4.90. The molecule has 186 valence electrons. The van der Waals surface area contributed by atoms with E-state index in [1.807, 2.05) is 55.5 Å². The van der Waals surface area contributed by atoms with Gasteiger partial charge in [-0.05, 0) is 66.8 Å². The molecule has 0 spiro atoms. The first-order valence-electron chi connectivity index (χ1n) is 12.2. The zero-order valence-electron chi connectivity index (χ0n) is 20.3. The minimum Gasteiger partial charge on any atom is -0.493 e. The van der Waals surface area contributed by atoms with Crippen LogP contribution in [-0.2, 0) is 12.8 Å². The fourth-order valence-corrected chi connectivity index (χ4v) is 5.55. The van der Waals surface area contributed by atoms with Gasteiger partial charge in [-0.1, -0.05) is 12.1 Å². The summed E-state index contributed by atoms with van der Waals surface area (Å²) in [6.07, 6.45) is 3.20. The number of ether oxygens (including phenoxy) is 1. The molecule has 3 aromatic heterocycles. The maximum absolute atomic E-state index is 12.9. The molecular formula is C28H26N6O2S. The fraction of sp³-hybridized carbons (Fsp3) is 0.214. The average Bonchev–Trinajstić information content (AvgIpc) is 3.57. The Labute approximate surface area is 218 Å². The van der Waals surface area contributed by atoms with Crippen molar-refractivity contribution in [3.05, 3.63) is 88.0 Å². The van der Waals surface area contributed by atoms with E-state index in [1.54, 1.807) is 17.5 Å². The van der Waals surface area contributed by atoms with Gasteiger partial charge in [-0.3, -0.25) is 4.79 Å². The van der Waals surface area contributed by atoms with E-state index in [1.165, 1.54) is 4.88 Å². The Bertz CT molecular complexity index is 1580. The lowest BCUT2D eigenvalue weighted by Gasteiger charge is -2.24. The van der Waals surface area contributed by atoms with Crippen molar-refractivity contribution in [1.29, 1.82) is 0 Å². The van der Waals surface area contributed by atoms with Crippen LogP contribution >= 0.6 is 11.3 Å². The lowest BCUT2D eigenvalue weighted by Crippen LogP contribution is -2.34. The van der Waals surface area contributed by atoms with Gasteiger partial charge in [0.15, 0.2) is 0 Å². The highest BCUT2D eigenvalue weighted by Crippen LogP contribution is 2.33. The number of aromatic amines is 1. The van der Waals surface area contributed by atoms with E-state index in [4.69, 9.17) is 15.5 Å². The number of hydrogen-bond acceptors (Lipinski definition) is 7. The van der Waals surface area contributed by atoms with Gasteiger partial charge in [0.25, 0.3) is 5.91 Å². The number of hydrogen-bond donors (Lipinski definition) is 3. The van der Waals surface area contributed by atoms with E-state index in [0.717, 1.165) is 52.3 Å². The molecule has 4 heterocycles. The van der Waals surface area contributed by atoms with Crippen LogP contribution in [-0.4, -0.2) is 38.5 Å². The first kappa shape index (κ1) is 23.2. The maximum Gasteiger partial charge on any atom is 0.251 e. The number of fused-ring (bicyclic) bond motifs is 2. The molecule has 0 saturated heterocycles. The summed E-state index contributed by atoms with van der Waals surface area (Å²) in [7, 11) is 0. The highest BCUT2D eigenvalue weighted by Gasteiger charge is 2.25. The van der Waals surface area contributed by atoms with Gasteiger partial charge in [0.2, 0.25) is 5.95 Å². The smallest absolute Gasteiger partial charge is 0.251 e. The van der Waals surface area contributed by atoms with E-state index in [0.29, 0.717) is 12.2 Å². The zero-order chi connectivity index (χ0) is 25.4. The lowest BCUT2D eigenvalue weighted by molar-refractivity contribution is 0.0940. The van der Waals surface area contributed by atoms with Crippen LogP contribution in [0, 0.1) is 0 Å². The van der Waals surface area contributed by atoms with Crippen molar-refractivity contribution in [2.45, 2.75) is 31.7 Å². The first-order chi connectivity index (χ1) is 18.0. The van der Waals surface area contributed by atoms with Crippen LogP contribution in [0.2, 0.25) is 0 Å². The van der Waals surface area contributed by atoms with Gasteiger partial charge >= 0.3 is 0 Å². The molecule has 0 fully saturated rings. The van der Waals surface area contributed by atoms with Crippen LogP contribution in [0.4, 0.5) is 5.95 Å². The molecule has 1 aliphatic heterocycles. The molecule has 1 aliphatic rings. The number of nitrogens with two attached hydrogens (primary N) is 1. The Morgan fingerprint density at radius 2 is 2.14 bits per heavy atom. The number of carbonyl (C=O) groups excluding carboxylic acids is 1. The molecule has 8 nitrogen and oxygen atoms in total. The van der Waals surface area contributed by atoms with Gasteiger partial charge < -0.3 is 20.8 Å². The first-order valence-corrected chi connectivity index (χ1v) is 13.1. The summed E-state index contributed by atoms with van der Waals surface area (Å²) in [4.78, 5) is 30.7. The molecule has 0 radical (unpaired) electrons. The molecular weight excluding hydrogens is 484 g/mol. The predicted molar refractivity (Wildman–Crippen MR) is 145 cm³/mol. The number of anilines is 1. The molecule has 9 heteroatoms. The summed E-state index contributed by atoms with van der Waals surface area (Å²) in [6, 6.07) is 17.6. The third-order valence-corrected chi connectivity index (χ3v) is 7.45. The number of imidazole rings is 1. The van der Waals surface area contributed by atoms with E-state index >= 15 is 0 Å². The Balaban J connectivity index is 1.19. The Morgan fingerprint density at radius 1 is 1.22 bits per heavy atom. The number of H-pyrrole nitrogens is 1. The van der Waals surface area contributed by atoms with Crippen molar-refractivity contribution in [3.63, 3.8) is 0 Å². The second-order valence-electron chi connectivity index (χ2n) is 9.35. The standard InChI is InChI=1S/C28H26N6O2S/c1-16(11-21-3-2-10-37-21)31-27(35)18-5-7-25-19(12-18)13-20(15-36-25)26-32-23-6-4-17(14-24(23)33-26)22-8-9-30-28(29)34-22/h2-10,12,14,16,20H,11,13,15H2,1H3,(H,31,35)(H,32,33)(H2,29,30,34). The summed E-state index contributed by atoms with van der Waals surface area (Å²) >= 11 is 1.70. The van der Waals surface area contributed by atoms with E-state index in [-0.39, 0.29) is 23.8 Å². The molecule has 2 unspecified atom stereocenters. The van der Waals surface area contributed by atoms with Gasteiger partial charge in [-0.25, -0.2) is 15.0 Å². The minimum absolute atomic E-state index is 0.0467. The molecule has 1 amide bonds. The van der Waals surface area contributed by atoms with Crippen LogP contribution in [0.15, 0.2) is 66.2 Å². The van der Waals surface area contributed by atoms with Crippen LogP contribution in [0.3, 0.4) is 0 Å². The third-order valence-electron chi connectivity index (χ3n) is 6.55. The predicted octanol–water partition coefficient (Wildman–Crippen LogP) is 4.74. The van der Waals surface area contributed by atoms with Gasteiger partial charge in [-0.2, -0.15) is 0 Å². The fourth-order valence-electron chi connectivity index (χ4n) is 4.72. The summed E-state index contributed by atoms with van der Waals surface area (Å²) in [5.74, 6) is 1.90. The highest BCUT2D eigenvalue weighted by atomic mass is 32.1. The Morgan fingerprint density at radius 3 is 2.97 bits per heavy atom. The van der Waals surface area contributed by atoms with Gasteiger partial charge in [-0.15, -0.1) is 11.3 Å². The van der Waals surface area contributed by atoms with Crippen molar-refractivity contribution in [1.82, 2.24) is 25.3 Å². The number of amides is 1. The second-order valence-corrected chi connectivity index (χ2v) is 10.4. The van der Waals surface area contributed by atoms with Crippen molar-refractivity contribution in [2.24, 2.45) is 0 Å². The van der Waals surface area contributed by atoms with E-state index < -0.39 is 0 Å². The number of rotatable bonds is 6. The number of benzene rings is 2. The maximum atomic E-state index is 12.9. The quantitative estimate of drug-likeness (QED) is 0.304. The molecule has 5 aromatic rings. The van der Waals surface area contributed by atoms with Crippen LogP contribution in [0.5, 0.6) is 5.75 Å². The van der Waals surface area contributed by atoms with Crippen molar-refractivity contribution >= 4 is 34.2 Å². The van der Waals surface area contributed by atoms with Gasteiger partial charge in [0, 0.05) is 34.7 Å². The molecule has 0 bridgehead atoms. The van der Waals surface area contributed by atoms with Crippen LogP contribution in [0.25, 0.3) is 22.3 Å². The topological polar surface area (TPSA) is 119 Å². The highest BCUT2D eigenvalue weighted by molar-refractivity contribution is 7.09. The Kier molecular flexibility index (Phi) is 6.05. The largest absolute Gasteiger partial charge is 0.493 e. The molecule has 6 rings (SSSR count). The number of nitrogen functional groups attached to an aromatic ring is 1. The Hall–Kier alpha value is -4.24. The van der Waals surface area contributed by atoms with Crippen molar-refractivity contribution in [3.8, 4) is 17.0 Å². The van der Waals surface area contributed by atoms with Gasteiger partial charge in [0.05, 0.1) is 29.3 Å². The minimum atomic E-state index is -0.0735.